The molecule has 5 N–H and O–H groups in total. The summed E-state index contributed by atoms with van der Waals surface area (Å²) in [4.78, 5) is 37.7. The molecule has 1 aromatic rings. The minimum Gasteiger partial charge on any atom is -0.478 e. The summed E-state index contributed by atoms with van der Waals surface area (Å²) < 4.78 is 0. The van der Waals surface area contributed by atoms with E-state index in [1.807, 2.05) is 13.8 Å². The molecule has 24 heavy (non-hydrogen) atoms. The van der Waals surface area contributed by atoms with Crippen molar-refractivity contribution < 1.29 is 19.5 Å². The summed E-state index contributed by atoms with van der Waals surface area (Å²) in [6, 6.07) is 4.02. The number of aromatic carboxylic acids is 1. The Hall–Kier alpha value is -2.90. The molecule has 0 aliphatic carbocycles. The number of hydrogen-bond donors (Lipinski definition) is 4. The van der Waals surface area contributed by atoms with Crippen LogP contribution >= 0.6 is 0 Å². The average Bonchev–Trinajstić information content (AvgIpc) is 2.71. The maximum Gasteiger partial charge on any atom is 0.336 e. The van der Waals surface area contributed by atoms with Crippen LogP contribution in [0.15, 0.2) is 18.2 Å². The number of fused-ring (bicyclic) bond motifs is 1. The highest BCUT2D eigenvalue weighted by Gasteiger charge is 2.40. The number of carboxylic acids is 1. The molecule has 2 rings (SSSR count). The fourth-order valence-corrected chi connectivity index (χ4v) is 2.92. The third kappa shape index (κ3) is 3.37. The first-order valence-electron chi connectivity index (χ1n) is 7.53. The van der Waals surface area contributed by atoms with Gasteiger partial charge in [0.25, 0.3) is 5.91 Å². The predicted octanol–water partition coefficient (Wildman–Crippen LogP) is 0.937. The van der Waals surface area contributed by atoms with E-state index in [9.17, 15) is 19.5 Å². The zero-order valence-electron chi connectivity index (χ0n) is 13.5. The van der Waals surface area contributed by atoms with Gasteiger partial charge in [-0.15, -0.1) is 0 Å². The first-order valence-corrected chi connectivity index (χ1v) is 7.53. The Morgan fingerprint density at radius 3 is 2.62 bits per heavy atom. The van der Waals surface area contributed by atoms with Gasteiger partial charge >= 0.3 is 5.97 Å². The molecular weight excluding hydrogens is 312 g/mol. The second kappa shape index (κ2) is 6.69. The number of benzene rings is 1. The van der Waals surface area contributed by atoms with Crippen molar-refractivity contribution in [1.82, 2.24) is 10.2 Å². The molecular formula is C16H20N4O4. The van der Waals surface area contributed by atoms with Crippen LogP contribution in [0, 0.1) is 11.3 Å². The summed E-state index contributed by atoms with van der Waals surface area (Å²) in [5, 5.41) is 18.6. The second-order valence-electron chi connectivity index (χ2n) is 6.11. The Bertz CT molecular complexity index is 714. The van der Waals surface area contributed by atoms with Crippen molar-refractivity contribution in [3.63, 3.8) is 0 Å². The minimum absolute atomic E-state index is 0.0688. The van der Waals surface area contributed by atoms with Crippen LogP contribution in [0.3, 0.4) is 0 Å². The molecule has 2 amide bonds. The first-order chi connectivity index (χ1) is 11.2. The molecule has 1 aliphatic heterocycles. The van der Waals surface area contributed by atoms with Gasteiger partial charge in [-0.05, 0) is 17.5 Å². The fraction of sp³-hybridized carbons (Fsp3) is 0.375. The lowest BCUT2D eigenvalue weighted by molar-refractivity contribution is -0.120. The Morgan fingerprint density at radius 1 is 1.42 bits per heavy atom. The molecule has 1 atom stereocenters. The SMILES string of the molecule is CC(C)CN1C(=O)c2c(C(=O)O)cccc2C1CC(=O)NC(=N)N. The Labute approximate surface area is 139 Å². The molecule has 0 saturated heterocycles. The van der Waals surface area contributed by atoms with Gasteiger partial charge < -0.3 is 15.7 Å². The standard InChI is InChI=1S/C16H20N4O4/c1-8(2)7-20-11(6-12(21)19-16(17)18)9-4-3-5-10(15(23)24)13(9)14(20)22/h3-5,8,11H,6-7H2,1-2H3,(H,23,24)(H4,17,18,19,21). The molecule has 1 aromatic carbocycles. The average molecular weight is 332 g/mol. The highest BCUT2D eigenvalue weighted by molar-refractivity contribution is 6.08. The Balaban J connectivity index is 2.44. The van der Waals surface area contributed by atoms with Crippen molar-refractivity contribution in [2.24, 2.45) is 11.7 Å². The molecule has 1 aliphatic rings. The maximum atomic E-state index is 12.7. The van der Waals surface area contributed by atoms with E-state index in [0.29, 0.717) is 12.1 Å². The van der Waals surface area contributed by atoms with Crippen LogP contribution < -0.4 is 11.1 Å². The summed E-state index contributed by atoms with van der Waals surface area (Å²) in [6.45, 7) is 4.26. The molecule has 1 unspecified atom stereocenters. The van der Waals surface area contributed by atoms with E-state index in [4.69, 9.17) is 11.1 Å². The Kier molecular flexibility index (Phi) is 4.87. The topological polar surface area (TPSA) is 137 Å². The number of carboxylic acid groups (broad SMARTS) is 1. The van der Waals surface area contributed by atoms with Gasteiger partial charge in [0, 0.05) is 6.54 Å². The zero-order chi connectivity index (χ0) is 18.0. The van der Waals surface area contributed by atoms with Crippen molar-refractivity contribution in [2.45, 2.75) is 26.3 Å². The molecule has 0 spiro atoms. The monoisotopic (exact) mass is 332 g/mol. The third-order valence-electron chi connectivity index (χ3n) is 3.75. The van der Waals surface area contributed by atoms with E-state index in [0.717, 1.165) is 0 Å². The number of carbonyl (C=O) groups is 3. The first kappa shape index (κ1) is 17.5. The van der Waals surface area contributed by atoms with Crippen LogP contribution in [0.4, 0.5) is 0 Å². The third-order valence-corrected chi connectivity index (χ3v) is 3.75. The van der Waals surface area contributed by atoms with Crippen molar-refractivity contribution in [1.29, 1.82) is 5.41 Å². The molecule has 0 radical (unpaired) electrons. The number of guanidine groups is 1. The quantitative estimate of drug-likeness (QED) is 0.470. The number of nitrogens with two attached hydrogens (primary N) is 1. The number of nitrogens with one attached hydrogen (secondary N) is 2. The van der Waals surface area contributed by atoms with E-state index >= 15 is 0 Å². The number of nitrogens with zero attached hydrogens (tertiary/aromatic N) is 1. The van der Waals surface area contributed by atoms with Crippen LogP contribution in [-0.4, -0.2) is 40.3 Å². The molecule has 128 valence electrons. The van der Waals surface area contributed by atoms with Gasteiger partial charge in [-0.1, -0.05) is 26.0 Å². The largest absolute Gasteiger partial charge is 0.478 e. The van der Waals surface area contributed by atoms with Crippen molar-refractivity contribution in [2.75, 3.05) is 6.54 Å². The summed E-state index contributed by atoms with van der Waals surface area (Å²) in [7, 11) is 0. The smallest absolute Gasteiger partial charge is 0.336 e. The van der Waals surface area contributed by atoms with Gasteiger partial charge in [0.2, 0.25) is 5.91 Å². The normalized spacial score (nSPS) is 16.2. The van der Waals surface area contributed by atoms with E-state index in [2.05, 4.69) is 5.32 Å². The van der Waals surface area contributed by atoms with E-state index < -0.39 is 29.8 Å². The minimum atomic E-state index is -1.18. The maximum absolute atomic E-state index is 12.7. The summed E-state index contributed by atoms with van der Waals surface area (Å²) >= 11 is 0. The highest BCUT2D eigenvalue weighted by Crippen LogP contribution is 2.38. The van der Waals surface area contributed by atoms with Crippen molar-refractivity contribution >= 4 is 23.7 Å². The molecule has 0 aromatic heterocycles. The Morgan fingerprint density at radius 2 is 2.08 bits per heavy atom. The molecule has 8 nitrogen and oxygen atoms in total. The molecule has 8 heteroatoms. The number of carbonyl (C=O) groups excluding carboxylic acids is 2. The van der Waals surface area contributed by atoms with Crippen LogP contribution in [0.2, 0.25) is 0 Å². The highest BCUT2D eigenvalue weighted by atomic mass is 16.4. The van der Waals surface area contributed by atoms with Crippen molar-refractivity contribution in [3.8, 4) is 0 Å². The van der Waals surface area contributed by atoms with E-state index in [-0.39, 0.29) is 23.5 Å². The lowest BCUT2D eigenvalue weighted by Crippen LogP contribution is -2.39. The summed E-state index contributed by atoms with van der Waals surface area (Å²) in [5.74, 6) is -2.40. The molecule has 0 fully saturated rings. The van der Waals surface area contributed by atoms with Gasteiger partial charge in [-0.3, -0.25) is 20.3 Å². The van der Waals surface area contributed by atoms with Crippen LogP contribution in [0.1, 0.15) is 52.6 Å². The molecule has 0 saturated carbocycles. The van der Waals surface area contributed by atoms with Crippen LogP contribution in [0.25, 0.3) is 0 Å². The number of hydrogen-bond acceptors (Lipinski definition) is 4. The molecule has 1 heterocycles. The lowest BCUT2D eigenvalue weighted by atomic mass is 9.97. The summed E-state index contributed by atoms with van der Waals surface area (Å²) in [5.41, 5.74) is 5.74. The van der Waals surface area contributed by atoms with Gasteiger partial charge in [0.1, 0.15) is 0 Å². The van der Waals surface area contributed by atoms with Gasteiger partial charge in [0.15, 0.2) is 5.96 Å². The van der Waals surface area contributed by atoms with Gasteiger partial charge in [0.05, 0.1) is 23.6 Å². The lowest BCUT2D eigenvalue weighted by Gasteiger charge is -2.26. The zero-order valence-corrected chi connectivity index (χ0v) is 13.5. The molecule has 0 bridgehead atoms. The summed E-state index contributed by atoms with van der Waals surface area (Å²) in [6.07, 6.45) is -0.0892. The predicted molar refractivity (Wildman–Crippen MR) is 86.7 cm³/mol. The van der Waals surface area contributed by atoms with E-state index in [1.54, 1.807) is 12.1 Å². The van der Waals surface area contributed by atoms with Crippen LogP contribution in [-0.2, 0) is 4.79 Å². The fourth-order valence-electron chi connectivity index (χ4n) is 2.92. The van der Waals surface area contributed by atoms with Crippen molar-refractivity contribution in [3.05, 3.63) is 34.9 Å². The van der Waals surface area contributed by atoms with Crippen LogP contribution in [0.5, 0.6) is 0 Å². The van der Waals surface area contributed by atoms with E-state index in [1.165, 1.54) is 11.0 Å². The number of rotatable bonds is 5. The van der Waals surface area contributed by atoms with Gasteiger partial charge in [-0.25, -0.2) is 4.79 Å². The van der Waals surface area contributed by atoms with Gasteiger partial charge in [-0.2, -0.15) is 0 Å². The second-order valence-corrected chi connectivity index (χ2v) is 6.11. The number of amides is 2.